The van der Waals surface area contributed by atoms with Crippen LogP contribution in [0.2, 0.25) is 0 Å². The number of morpholine rings is 1. The zero-order chi connectivity index (χ0) is 9.52. The predicted octanol–water partition coefficient (Wildman–Crippen LogP) is -0.155. The van der Waals surface area contributed by atoms with Crippen molar-refractivity contribution in [2.45, 2.75) is 12.8 Å². The predicted molar refractivity (Wildman–Crippen MR) is 50.6 cm³/mol. The molecule has 0 saturated carbocycles. The number of hydrogen-bond acceptors (Lipinski definition) is 3. The number of nitrogens with zero attached hydrogens (tertiary/aromatic N) is 1. The first-order valence-electron chi connectivity index (χ1n) is 4.82. The number of ether oxygens (including phenoxy) is 1. The van der Waals surface area contributed by atoms with Crippen LogP contribution in [0.1, 0.15) is 12.8 Å². The molecule has 2 fully saturated rings. The summed E-state index contributed by atoms with van der Waals surface area (Å²) in [6, 6.07) is 0. The quantitative estimate of drug-likeness (QED) is 0.572. The SMILES string of the molecule is CN1CCOCC1.O=C1CCCN1. The van der Waals surface area contributed by atoms with Crippen LogP contribution in [0, 0.1) is 0 Å². The van der Waals surface area contributed by atoms with Crippen molar-refractivity contribution in [2.75, 3.05) is 39.9 Å². The van der Waals surface area contributed by atoms with Gasteiger partial charge in [0.05, 0.1) is 13.2 Å². The van der Waals surface area contributed by atoms with Gasteiger partial charge in [0.2, 0.25) is 5.91 Å². The minimum Gasteiger partial charge on any atom is -0.379 e. The molecule has 13 heavy (non-hydrogen) atoms. The molecule has 2 aliphatic heterocycles. The van der Waals surface area contributed by atoms with Gasteiger partial charge >= 0.3 is 0 Å². The Morgan fingerprint density at radius 2 is 2.08 bits per heavy atom. The zero-order valence-corrected chi connectivity index (χ0v) is 8.21. The Labute approximate surface area is 79.2 Å². The van der Waals surface area contributed by atoms with Crippen LogP contribution in [-0.2, 0) is 9.53 Å². The van der Waals surface area contributed by atoms with E-state index >= 15 is 0 Å². The van der Waals surface area contributed by atoms with Crippen molar-refractivity contribution in [3.05, 3.63) is 0 Å². The Kier molecular flexibility index (Phi) is 4.78. The van der Waals surface area contributed by atoms with Gasteiger partial charge in [-0.3, -0.25) is 4.79 Å². The fraction of sp³-hybridized carbons (Fsp3) is 0.889. The van der Waals surface area contributed by atoms with Crippen molar-refractivity contribution in [3.8, 4) is 0 Å². The Balaban J connectivity index is 0.000000132. The Morgan fingerprint density at radius 1 is 1.38 bits per heavy atom. The van der Waals surface area contributed by atoms with Crippen LogP contribution in [0.4, 0.5) is 0 Å². The molecule has 2 heterocycles. The monoisotopic (exact) mass is 186 g/mol. The number of nitrogens with one attached hydrogen (secondary N) is 1. The van der Waals surface area contributed by atoms with Crippen molar-refractivity contribution >= 4 is 5.91 Å². The van der Waals surface area contributed by atoms with Gasteiger partial charge in [0.1, 0.15) is 0 Å². The second kappa shape index (κ2) is 5.94. The lowest BCUT2D eigenvalue weighted by Gasteiger charge is -2.21. The van der Waals surface area contributed by atoms with Crippen LogP contribution in [0.3, 0.4) is 0 Å². The third-order valence-corrected chi connectivity index (χ3v) is 2.14. The van der Waals surface area contributed by atoms with Crippen molar-refractivity contribution in [1.82, 2.24) is 10.2 Å². The summed E-state index contributed by atoms with van der Waals surface area (Å²) in [5.74, 6) is 0.204. The van der Waals surface area contributed by atoms with Gasteiger partial charge in [-0.2, -0.15) is 0 Å². The molecule has 4 nitrogen and oxygen atoms in total. The summed E-state index contributed by atoms with van der Waals surface area (Å²) in [7, 11) is 2.11. The third kappa shape index (κ3) is 4.85. The van der Waals surface area contributed by atoms with E-state index in [0.717, 1.165) is 45.7 Å². The van der Waals surface area contributed by atoms with Gasteiger partial charge in [-0.05, 0) is 13.5 Å². The van der Waals surface area contributed by atoms with E-state index in [1.54, 1.807) is 0 Å². The minimum atomic E-state index is 0.204. The number of rotatable bonds is 0. The maximum Gasteiger partial charge on any atom is 0.220 e. The van der Waals surface area contributed by atoms with E-state index < -0.39 is 0 Å². The molecule has 2 aliphatic rings. The number of likely N-dealkylation sites (N-methyl/N-ethyl adjacent to an activating group) is 1. The van der Waals surface area contributed by atoms with E-state index in [1.165, 1.54) is 0 Å². The fourth-order valence-corrected chi connectivity index (χ4v) is 1.22. The second-order valence-corrected chi connectivity index (χ2v) is 3.37. The summed E-state index contributed by atoms with van der Waals surface area (Å²) < 4.78 is 5.10. The molecule has 1 amide bonds. The maximum absolute atomic E-state index is 10.1. The molecule has 0 aromatic heterocycles. The summed E-state index contributed by atoms with van der Waals surface area (Å²) in [4.78, 5) is 12.4. The second-order valence-electron chi connectivity index (χ2n) is 3.37. The average Bonchev–Trinajstić information content (AvgIpc) is 2.58. The van der Waals surface area contributed by atoms with Crippen molar-refractivity contribution in [2.24, 2.45) is 0 Å². The van der Waals surface area contributed by atoms with Gasteiger partial charge in [0.25, 0.3) is 0 Å². The number of carbonyl (C=O) groups excluding carboxylic acids is 1. The van der Waals surface area contributed by atoms with E-state index in [2.05, 4.69) is 17.3 Å². The highest BCUT2D eigenvalue weighted by atomic mass is 16.5. The van der Waals surface area contributed by atoms with Crippen LogP contribution < -0.4 is 5.32 Å². The van der Waals surface area contributed by atoms with E-state index in [4.69, 9.17) is 4.74 Å². The highest BCUT2D eigenvalue weighted by molar-refractivity contribution is 5.77. The van der Waals surface area contributed by atoms with Gasteiger partial charge in [-0.1, -0.05) is 0 Å². The van der Waals surface area contributed by atoms with Crippen LogP contribution in [0.25, 0.3) is 0 Å². The van der Waals surface area contributed by atoms with Gasteiger partial charge < -0.3 is 15.0 Å². The van der Waals surface area contributed by atoms with Gasteiger partial charge in [-0.15, -0.1) is 0 Å². The fourth-order valence-electron chi connectivity index (χ4n) is 1.22. The highest BCUT2D eigenvalue weighted by Gasteiger charge is 2.05. The van der Waals surface area contributed by atoms with Gasteiger partial charge in [0.15, 0.2) is 0 Å². The van der Waals surface area contributed by atoms with E-state index in [9.17, 15) is 4.79 Å². The maximum atomic E-state index is 10.1. The molecule has 0 aromatic rings. The first kappa shape index (κ1) is 10.5. The summed E-state index contributed by atoms with van der Waals surface area (Å²) in [6.07, 6.45) is 1.76. The molecule has 0 aromatic carbocycles. The van der Waals surface area contributed by atoms with Crippen LogP contribution in [0.5, 0.6) is 0 Å². The molecular weight excluding hydrogens is 168 g/mol. The molecule has 0 spiro atoms. The Morgan fingerprint density at radius 3 is 2.31 bits per heavy atom. The highest BCUT2D eigenvalue weighted by Crippen LogP contribution is 1.93. The lowest BCUT2D eigenvalue weighted by Crippen LogP contribution is -2.32. The molecular formula is C9H18N2O2. The number of amides is 1. The summed E-state index contributed by atoms with van der Waals surface area (Å²) >= 11 is 0. The van der Waals surface area contributed by atoms with Crippen molar-refractivity contribution in [1.29, 1.82) is 0 Å². The van der Waals surface area contributed by atoms with Gasteiger partial charge in [0, 0.05) is 26.1 Å². The first-order chi connectivity index (χ1) is 6.29. The van der Waals surface area contributed by atoms with Crippen molar-refractivity contribution in [3.63, 3.8) is 0 Å². The van der Waals surface area contributed by atoms with Crippen LogP contribution in [0.15, 0.2) is 0 Å². The van der Waals surface area contributed by atoms with Gasteiger partial charge in [-0.25, -0.2) is 0 Å². The largest absolute Gasteiger partial charge is 0.379 e. The van der Waals surface area contributed by atoms with Crippen LogP contribution >= 0.6 is 0 Å². The molecule has 0 radical (unpaired) electrons. The van der Waals surface area contributed by atoms with E-state index in [-0.39, 0.29) is 5.91 Å². The number of carbonyl (C=O) groups is 1. The van der Waals surface area contributed by atoms with Crippen molar-refractivity contribution < 1.29 is 9.53 Å². The summed E-state index contributed by atoms with van der Waals surface area (Å²) in [6.45, 7) is 4.91. The topological polar surface area (TPSA) is 41.6 Å². The molecule has 76 valence electrons. The standard InChI is InChI=1S/C5H11NO.C4H7NO/c1-6-2-4-7-5-3-6;6-4-2-1-3-5-4/h2-5H2,1H3;1-3H2,(H,5,6). The Bertz CT molecular complexity index is 148. The zero-order valence-electron chi connectivity index (χ0n) is 8.21. The van der Waals surface area contributed by atoms with E-state index in [1.807, 2.05) is 0 Å². The van der Waals surface area contributed by atoms with E-state index in [0.29, 0.717) is 0 Å². The lowest BCUT2D eigenvalue weighted by molar-refractivity contribution is -0.119. The molecule has 0 unspecified atom stereocenters. The molecule has 1 N–H and O–H groups in total. The molecule has 4 heteroatoms. The minimum absolute atomic E-state index is 0.204. The smallest absolute Gasteiger partial charge is 0.220 e. The molecule has 0 aliphatic carbocycles. The molecule has 2 rings (SSSR count). The molecule has 0 atom stereocenters. The number of hydrogen-bond donors (Lipinski definition) is 1. The first-order valence-corrected chi connectivity index (χ1v) is 4.82. The molecule has 0 bridgehead atoms. The summed E-state index contributed by atoms with van der Waals surface area (Å²) in [5, 5.41) is 2.68. The lowest BCUT2D eigenvalue weighted by atomic mass is 10.4. The Hall–Kier alpha value is -0.610. The average molecular weight is 186 g/mol. The third-order valence-electron chi connectivity index (χ3n) is 2.14. The van der Waals surface area contributed by atoms with Crippen LogP contribution in [-0.4, -0.2) is 50.7 Å². The normalized spacial score (nSPS) is 23.3. The summed E-state index contributed by atoms with van der Waals surface area (Å²) in [5.41, 5.74) is 0. The molecule has 2 saturated heterocycles.